The van der Waals surface area contributed by atoms with Gasteiger partial charge in [0.15, 0.2) is 0 Å². The van der Waals surface area contributed by atoms with Crippen LogP contribution in [0.1, 0.15) is 51.2 Å². The van der Waals surface area contributed by atoms with E-state index in [-0.39, 0.29) is 0 Å². The smallest absolute Gasteiger partial charge is 0.0930 e. The molecule has 0 bridgehead atoms. The van der Waals surface area contributed by atoms with Gasteiger partial charge < -0.3 is 0 Å². The first-order valence-electron chi connectivity index (χ1n) is 6.88. The number of rotatable bonds is 6. The van der Waals surface area contributed by atoms with Crippen molar-refractivity contribution < 1.29 is 0 Å². The van der Waals surface area contributed by atoms with Crippen LogP contribution < -0.4 is 0 Å². The third-order valence-electron chi connectivity index (χ3n) is 2.82. The minimum absolute atomic E-state index is 0.957. The SMILES string of the molecule is CCCC/C(C)=N/N=C(\C)SCc1ccc(C)cc1. The van der Waals surface area contributed by atoms with E-state index in [0.717, 1.165) is 22.9 Å². The van der Waals surface area contributed by atoms with E-state index < -0.39 is 0 Å². The molecule has 19 heavy (non-hydrogen) atoms. The molecule has 0 N–H and O–H groups in total. The topological polar surface area (TPSA) is 24.7 Å². The van der Waals surface area contributed by atoms with Gasteiger partial charge >= 0.3 is 0 Å². The predicted octanol–water partition coefficient (Wildman–Crippen LogP) is 5.21. The lowest BCUT2D eigenvalue weighted by molar-refractivity contribution is 0.830. The van der Waals surface area contributed by atoms with Crippen molar-refractivity contribution in [3.63, 3.8) is 0 Å². The van der Waals surface area contributed by atoms with Crippen molar-refractivity contribution in [1.29, 1.82) is 0 Å². The minimum atomic E-state index is 0.957. The maximum atomic E-state index is 4.28. The summed E-state index contributed by atoms with van der Waals surface area (Å²) in [7, 11) is 0. The summed E-state index contributed by atoms with van der Waals surface area (Å²) in [5.41, 5.74) is 3.75. The van der Waals surface area contributed by atoms with E-state index in [9.17, 15) is 0 Å². The quantitative estimate of drug-likeness (QED) is 0.397. The van der Waals surface area contributed by atoms with Crippen molar-refractivity contribution in [2.75, 3.05) is 0 Å². The van der Waals surface area contributed by atoms with Gasteiger partial charge in [-0.15, -0.1) is 16.9 Å². The molecule has 0 aromatic heterocycles. The fourth-order valence-corrected chi connectivity index (χ4v) is 2.21. The maximum Gasteiger partial charge on any atom is 0.0930 e. The summed E-state index contributed by atoms with van der Waals surface area (Å²) in [6.07, 6.45) is 3.45. The Morgan fingerprint density at radius 3 is 2.42 bits per heavy atom. The number of hydrogen-bond donors (Lipinski definition) is 0. The summed E-state index contributed by atoms with van der Waals surface area (Å²) in [6, 6.07) is 8.64. The van der Waals surface area contributed by atoms with Crippen LogP contribution in [0, 0.1) is 6.92 Å². The van der Waals surface area contributed by atoms with E-state index in [2.05, 4.69) is 55.2 Å². The lowest BCUT2D eigenvalue weighted by Crippen LogP contribution is -1.91. The van der Waals surface area contributed by atoms with Crippen molar-refractivity contribution in [2.24, 2.45) is 10.2 Å². The molecule has 0 aliphatic heterocycles. The minimum Gasteiger partial charge on any atom is -0.160 e. The zero-order valence-corrected chi connectivity index (χ0v) is 13.3. The second-order valence-corrected chi connectivity index (χ2v) is 6.00. The molecular formula is C16H24N2S. The molecule has 0 atom stereocenters. The Morgan fingerprint density at radius 2 is 1.79 bits per heavy atom. The van der Waals surface area contributed by atoms with E-state index in [1.807, 2.05) is 6.92 Å². The summed E-state index contributed by atoms with van der Waals surface area (Å²) in [6.45, 7) is 8.38. The highest BCUT2D eigenvalue weighted by atomic mass is 32.2. The van der Waals surface area contributed by atoms with Gasteiger partial charge in [0.25, 0.3) is 0 Å². The fraction of sp³-hybridized carbons (Fsp3) is 0.500. The normalized spacial score (nSPS) is 12.8. The number of nitrogens with zero attached hydrogens (tertiary/aromatic N) is 2. The number of aryl methyl sites for hydroxylation is 1. The van der Waals surface area contributed by atoms with Crippen LogP contribution in [0.25, 0.3) is 0 Å². The first-order valence-corrected chi connectivity index (χ1v) is 7.86. The molecule has 104 valence electrons. The van der Waals surface area contributed by atoms with Gasteiger partial charge in [0.05, 0.1) is 5.04 Å². The standard InChI is InChI=1S/C16H24N2S/c1-5-6-7-14(3)17-18-15(4)19-12-16-10-8-13(2)9-11-16/h8-11H,5-7,12H2,1-4H3/b17-14+,18-15+. The first-order chi connectivity index (χ1) is 9.11. The highest BCUT2D eigenvalue weighted by Crippen LogP contribution is 2.14. The van der Waals surface area contributed by atoms with Crippen molar-refractivity contribution in [2.45, 2.75) is 52.7 Å². The van der Waals surface area contributed by atoms with Gasteiger partial charge in [0.1, 0.15) is 0 Å². The Hall–Kier alpha value is -1.09. The maximum absolute atomic E-state index is 4.28. The zero-order valence-electron chi connectivity index (χ0n) is 12.4. The molecule has 0 aliphatic rings. The van der Waals surface area contributed by atoms with E-state index >= 15 is 0 Å². The lowest BCUT2D eigenvalue weighted by Gasteiger charge is -2.01. The summed E-state index contributed by atoms with van der Waals surface area (Å²) in [5, 5.41) is 9.57. The largest absolute Gasteiger partial charge is 0.160 e. The molecule has 0 aliphatic carbocycles. The average molecular weight is 276 g/mol. The Kier molecular flexibility index (Phi) is 7.49. The first kappa shape index (κ1) is 16.0. The summed E-state index contributed by atoms with van der Waals surface area (Å²) in [5.74, 6) is 0.957. The Balaban J connectivity index is 2.41. The van der Waals surface area contributed by atoms with E-state index in [4.69, 9.17) is 0 Å². The molecular weight excluding hydrogens is 252 g/mol. The number of hydrogen-bond acceptors (Lipinski definition) is 3. The van der Waals surface area contributed by atoms with Crippen LogP contribution in [-0.2, 0) is 5.75 Å². The van der Waals surface area contributed by atoms with Crippen LogP contribution in [0.3, 0.4) is 0 Å². The molecule has 2 nitrogen and oxygen atoms in total. The molecule has 0 saturated heterocycles. The second-order valence-electron chi connectivity index (χ2n) is 4.83. The number of thioether (sulfide) groups is 1. The summed E-state index contributed by atoms with van der Waals surface area (Å²) < 4.78 is 0. The monoisotopic (exact) mass is 276 g/mol. The van der Waals surface area contributed by atoms with Crippen molar-refractivity contribution in [3.8, 4) is 0 Å². The van der Waals surface area contributed by atoms with Gasteiger partial charge in [0.2, 0.25) is 0 Å². The van der Waals surface area contributed by atoms with Gasteiger partial charge in [-0.05, 0) is 39.2 Å². The Labute approximate surface area is 121 Å². The third-order valence-corrected chi connectivity index (χ3v) is 3.80. The molecule has 0 unspecified atom stereocenters. The van der Waals surface area contributed by atoms with Gasteiger partial charge in [-0.1, -0.05) is 43.2 Å². The Bertz CT molecular complexity index is 433. The van der Waals surface area contributed by atoms with Gasteiger partial charge in [-0.25, -0.2) is 0 Å². The Morgan fingerprint density at radius 1 is 1.11 bits per heavy atom. The van der Waals surface area contributed by atoms with Crippen molar-refractivity contribution in [1.82, 2.24) is 0 Å². The van der Waals surface area contributed by atoms with E-state index in [0.29, 0.717) is 0 Å². The van der Waals surface area contributed by atoms with E-state index in [1.54, 1.807) is 11.8 Å². The molecule has 1 aromatic rings. The number of unbranched alkanes of at least 4 members (excludes halogenated alkanes) is 1. The van der Waals surface area contributed by atoms with Gasteiger partial charge in [0, 0.05) is 11.5 Å². The molecule has 0 amide bonds. The molecule has 1 rings (SSSR count). The molecule has 0 saturated carbocycles. The third kappa shape index (κ3) is 7.16. The molecule has 3 heteroatoms. The highest BCUT2D eigenvalue weighted by molar-refractivity contribution is 8.13. The predicted molar refractivity (Wildman–Crippen MR) is 88.2 cm³/mol. The fourth-order valence-electron chi connectivity index (χ4n) is 1.54. The van der Waals surface area contributed by atoms with Crippen LogP contribution in [0.4, 0.5) is 0 Å². The van der Waals surface area contributed by atoms with Crippen LogP contribution in [0.5, 0.6) is 0 Å². The molecule has 0 radical (unpaired) electrons. The molecule has 0 fully saturated rings. The zero-order chi connectivity index (χ0) is 14.1. The lowest BCUT2D eigenvalue weighted by atomic mass is 10.2. The molecule has 1 aromatic carbocycles. The molecule has 0 heterocycles. The number of benzene rings is 1. The highest BCUT2D eigenvalue weighted by Gasteiger charge is 1.96. The second kappa shape index (κ2) is 8.92. The van der Waals surface area contributed by atoms with Crippen molar-refractivity contribution >= 4 is 22.5 Å². The van der Waals surface area contributed by atoms with E-state index in [1.165, 1.54) is 24.0 Å². The van der Waals surface area contributed by atoms with Crippen molar-refractivity contribution in [3.05, 3.63) is 35.4 Å². The van der Waals surface area contributed by atoms with Crippen LogP contribution in [0.15, 0.2) is 34.5 Å². The summed E-state index contributed by atoms with van der Waals surface area (Å²) in [4.78, 5) is 0. The molecule has 0 spiro atoms. The van der Waals surface area contributed by atoms with Crippen LogP contribution in [-0.4, -0.2) is 10.8 Å². The van der Waals surface area contributed by atoms with Crippen LogP contribution >= 0.6 is 11.8 Å². The average Bonchev–Trinajstić information content (AvgIpc) is 2.42. The summed E-state index contributed by atoms with van der Waals surface area (Å²) >= 11 is 1.74. The van der Waals surface area contributed by atoms with Gasteiger partial charge in [-0.3, -0.25) is 0 Å². The van der Waals surface area contributed by atoms with Crippen LogP contribution in [0.2, 0.25) is 0 Å². The van der Waals surface area contributed by atoms with Gasteiger partial charge in [-0.2, -0.15) is 5.10 Å².